The predicted octanol–water partition coefficient (Wildman–Crippen LogP) is 12.2. The molecule has 2 aliphatic heterocycles. The van der Waals surface area contributed by atoms with Crippen molar-refractivity contribution in [3.63, 3.8) is 0 Å². The van der Waals surface area contributed by atoms with Crippen molar-refractivity contribution in [2.45, 2.75) is 103 Å². The first-order valence-corrected chi connectivity index (χ1v) is 25.9. The number of rotatable bonds is 13. The second-order valence-corrected chi connectivity index (χ2v) is 22.4. The molecule has 2 fully saturated rings. The Labute approximate surface area is 391 Å². The number of hydrogen-bond acceptors (Lipinski definition) is 8. The third-order valence-electron chi connectivity index (χ3n) is 12.0. The SMILES string of the molecule is CCC(C)(c1cc(F)cc(C(=O)O)c1)C1CCOCC1.CCC(O[Si](C)(C)C)(c1cc(F)c(C(=O)c2ccc(Cl)cc2)c(C(=O)O)c1)C1CCOCC1.CCc1ccc(Cl)cc1.O=C=O. The molecule has 65 heavy (non-hydrogen) atoms. The molecule has 0 bridgehead atoms. The van der Waals surface area contributed by atoms with Crippen LogP contribution in [-0.2, 0) is 40.9 Å². The average molecular weight is 958 g/mol. The molecule has 0 saturated carbocycles. The number of carbonyl (C=O) groups excluding carboxylic acids is 3. The van der Waals surface area contributed by atoms with Gasteiger partial charge in [-0.15, -0.1) is 0 Å². The Hall–Kier alpha value is -4.59. The van der Waals surface area contributed by atoms with Crippen LogP contribution in [0.1, 0.15) is 120 Å². The second kappa shape index (κ2) is 25.4. The highest BCUT2D eigenvalue weighted by molar-refractivity contribution is 6.69. The molecule has 0 amide bonds. The predicted molar refractivity (Wildman–Crippen MR) is 249 cm³/mol. The lowest BCUT2D eigenvalue weighted by molar-refractivity contribution is -0.191. The molecule has 10 nitrogen and oxygen atoms in total. The molecule has 15 heteroatoms. The standard InChI is InChI=1S/C25H30ClFO5Si.C16H21FO3.C8H9Cl.CO2/c1-5-25(32-33(2,3)4,17-10-12-31-13-11-17)18-14-20(24(29)30)22(21(27)15-18)23(28)16-6-8-19(26)9-7-16;1-3-16(2,12-4-6-20-7-5-12)13-8-11(15(18)19)9-14(17)10-13;1-2-7-3-5-8(9)6-4-7;2-1-3/h6-9,14-15,17H,5,10-13H2,1-4H3,(H,29,30);8-10,12H,3-7H2,1-2H3,(H,18,19);3-6H,2H2,1H3;. The Bertz CT molecular complexity index is 2230. The van der Waals surface area contributed by atoms with Gasteiger partial charge >= 0.3 is 18.1 Å². The van der Waals surface area contributed by atoms with E-state index in [1.807, 2.05) is 31.2 Å². The zero-order valence-electron chi connectivity index (χ0n) is 38.1. The molecule has 0 aliphatic carbocycles. The summed E-state index contributed by atoms with van der Waals surface area (Å²) >= 11 is 11.6. The zero-order chi connectivity index (χ0) is 48.5. The molecule has 2 atom stereocenters. The van der Waals surface area contributed by atoms with Crippen molar-refractivity contribution in [3.8, 4) is 0 Å². The Balaban J connectivity index is 0.000000294. The number of hydrogen-bond donors (Lipinski definition) is 2. The maximum absolute atomic E-state index is 15.6. The summed E-state index contributed by atoms with van der Waals surface area (Å²) in [5.41, 5.74) is 0.861. The van der Waals surface area contributed by atoms with Crippen LogP contribution < -0.4 is 0 Å². The number of ether oxygens (including phenoxy) is 2. The fraction of sp³-hybridized carbons (Fsp3) is 0.440. The summed E-state index contributed by atoms with van der Waals surface area (Å²) in [6.07, 6.45) is 6.05. The van der Waals surface area contributed by atoms with Crippen molar-refractivity contribution in [2.75, 3.05) is 26.4 Å². The molecule has 2 aliphatic rings. The molecular weight excluding hydrogens is 898 g/mol. The molecule has 6 rings (SSSR count). The van der Waals surface area contributed by atoms with Gasteiger partial charge in [-0.05, 0) is 165 Å². The van der Waals surface area contributed by atoms with Crippen LogP contribution in [0.5, 0.6) is 0 Å². The van der Waals surface area contributed by atoms with Gasteiger partial charge in [0.05, 0.1) is 22.3 Å². The summed E-state index contributed by atoms with van der Waals surface area (Å²) in [7, 11) is -2.13. The van der Waals surface area contributed by atoms with Gasteiger partial charge in [-0.1, -0.05) is 63.0 Å². The molecule has 0 radical (unpaired) electrons. The van der Waals surface area contributed by atoms with Gasteiger partial charge in [0.15, 0.2) is 14.1 Å². The summed E-state index contributed by atoms with van der Waals surface area (Å²) in [5, 5.41) is 20.3. The molecule has 2 heterocycles. The van der Waals surface area contributed by atoms with Crippen LogP contribution in [0.4, 0.5) is 8.78 Å². The van der Waals surface area contributed by atoms with Crippen molar-refractivity contribution >= 4 is 55.4 Å². The highest BCUT2D eigenvalue weighted by Crippen LogP contribution is 2.45. The molecule has 2 saturated heterocycles. The van der Waals surface area contributed by atoms with Gasteiger partial charge in [0.2, 0.25) is 0 Å². The van der Waals surface area contributed by atoms with Crippen molar-refractivity contribution in [1.29, 1.82) is 0 Å². The minimum Gasteiger partial charge on any atom is -0.478 e. The molecule has 2 unspecified atom stereocenters. The summed E-state index contributed by atoms with van der Waals surface area (Å²) in [6.45, 7) is 17.0. The van der Waals surface area contributed by atoms with E-state index in [2.05, 4.69) is 40.4 Å². The van der Waals surface area contributed by atoms with Gasteiger partial charge in [-0.25, -0.2) is 18.4 Å². The number of benzene rings is 4. The topological polar surface area (TPSA) is 154 Å². The van der Waals surface area contributed by atoms with Crippen LogP contribution in [-0.4, -0.2) is 68.8 Å². The van der Waals surface area contributed by atoms with Gasteiger partial charge in [0.25, 0.3) is 0 Å². The van der Waals surface area contributed by atoms with E-state index in [9.17, 15) is 23.9 Å². The average Bonchev–Trinajstić information content (AvgIpc) is 3.28. The molecule has 4 aromatic rings. The van der Waals surface area contributed by atoms with E-state index in [-0.39, 0.29) is 34.2 Å². The molecule has 0 spiro atoms. The largest absolute Gasteiger partial charge is 0.478 e. The van der Waals surface area contributed by atoms with Crippen molar-refractivity contribution < 1.29 is 56.9 Å². The Morgan fingerprint density at radius 1 is 0.723 bits per heavy atom. The number of carboxylic acid groups (broad SMARTS) is 2. The Morgan fingerprint density at radius 3 is 1.68 bits per heavy atom. The normalized spacial score (nSPS) is 16.0. The van der Waals surface area contributed by atoms with Crippen molar-refractivity contribution in [1.82, 2.24) is 0 Å². The lowest BCUT2D eigenvalue weighted by Crippen LogP contribution is -2.47. The molecule has 352 valence electrons. The van der Waals surface area contributed by atoms with Crippen molar-refractivity contribution in [3.05, 3.63) is 139 Å². The van der Waals surface area contributed by atoms with Crippen LogP contribution in [0.25, 0.3) is 0 Å². The summed E-state index contributed by atoms with van der Waals surface area (Å²) in [5.74, 6) is -4.06. The number of ketones is 1. The Morgan fingerprint density at radius 2 is 1.23 bits per heavy atom. The molecule has 0 aromatic heterocycles. The first-order valence-electron chi connectivity index (χ1n) is 21.7. The van der Waals surface area contributed by atoms with Gasteiger partial charge < -0.3 is 24.1 Å². The smallest absolute Gasteiger partial charge is 0.373 e. The van der Waals surface area contributed by atoms with Gasteiger partial charge in [0.1, 0.15) is 11.6 Å². The third kappa shape index (κ3) is 15.2. The Kier molecular flexibility index (Phi) is 21.4. The minimum absolute atomic E-state index is 0.0201. The third-order valence-corrected chi connectivity index (χ3v) is 13.5. The lowest BCUT2D eigenvalue weighted by Gasteiger charge is -2.46. The monoisotopic (exact) mass is 956 g/mol. The van der Waals surface area contributed by atoms with Crippen LogP contribution in [0.3, 0.4) is 0 Å². The summed E-state index contributed by atoms with van der Waals surface area (Å²) in [6, 6.07) is 20.7. The fourth-order valence-corrected chi connectivity index (χ4v) is 10.2. The minimum atomic E-state index is -2.13. The van der Waals surface area contributed by atoms with E-state index in [1.165, 1.54) is 48.0 Å². The van der Waals surface area contributed by atoms with Gasteiger partial charge in [-0.2, -0.15) is 9.59 Å². The van der Waals surface area contributed by atoms with Gasteiger partial charge in [-0.3, -0.25) is 4.79 Å². The van der Waals surface area contributed by atoms with E-state index in [1.54, 1.807) is 6.07 Å². The zero-order valence-corrected chi connectivity index (χ0v) is 40.6. The maximum atomic E-state index is 15.6. The first-order chi connectivity index (χ1) is 30.7. The van der Waals surface area contributed by atoms with E-state index >= 15 is 4.39 Å². The van der Waals surface area contributed by atoms with Crippen LogP contribution >= 0.6 is 23.2 Å². The summed E-state index contributed by atoms with van der Waals surface area (Å²) in [4.78, 5) is 52.6. The van der Waals surface area contributed by atoms with E-state index in [0.717, 1.165) is 68.4 Å². The van der Waals surface area contributed by atoms with Crippen LogP contribution in [0, 0.1) is 23.5 Å². The van der Waals surface area contributed by atoms with Crippen LogP contribution in [0.2, 0.25) is 29.7 Å². The maximum Gasteiger partial charge on any atom is 0.373 e. The number of carbonyl (C=O) groups is 3. The summed E-state index contributed by atoms with van der Waals surface area (Å²) < 4.78 is 46.9. The van der Waals surface area contributed by atoms with E-state index in [0.29, 0.717) is 36.1 Å². The number of aryl methyl sites for hydroxylation is 1. The highest BCUT2D eigenvalue weighted by Gasteiger charge is 2.45. The van der Waals surface area contributed by atoms with Crippen LogP contribution in [0.15, 0.2) is 78.9 Å². The second-order valence-electron chi connectivity index (χ2n) is 17.1. The van der Waals surface area contributed by atoms with Crippen molar-refractivity contribution in [2.24, 2.45) is 11.8 Å². The number of aromatic carboxylic acids is 2. The van der Waals surface area contributed by atoms with E-state index in [4.69, 9.17) is 51.8 Å². The number of halogens is 4. The molecule has 2 N–H and O–H groups in total. The van der Waals surface area contributed by atoms with Gasteiger partial charge in [0, 0.05) is 42.0 Å². The quantitative estimate of drug-likeness (QED) is 0.0978. The van der Waals surface area contributed by atoms with E-state index < -0.39 is 48.8 Å². The molecule has 4 aromatic carbocycles. The fourth-order valence-electron chi connectivity index (χ4n) is 8.48. The number of carboxylic acids is 2. The molecular formula is C50H60Cl2F2O10Si. The lowest BCUT2D eigenvalue weighted by atomic mass is 9.67. The first kappa shape index (κ1) is 54.7. The highest BCUT2D eigenvalue weighted by atomic mass is 35.5.